The molecule has 0 aromatic rings. The molecule has 0 radical (unpaired) electrons. The third-order valence-corrected chi connectivity index (χ3v) is 3.34. The summed E-state index contributed by atoms with van der Waals surface area (Å²) in [5, 5.41) is 2.73. The number of carbonyl (C=O) groups is 1. The van der Waals surface area contributed by atoms with Gasteiger partial charge in [0.05, 0.1) is 12.0 Å². The Morgan fingerprint density at radius 3 is 2.93 bits per heavy atom. The summed E-state index contributed by atoms with van der Waals surface area (Å²) < 4.78 is 1.82. The van der Waals surface area contributed by atoms with E-state index in [9.17, 15) is 4.79 Å². The summed E-state index contributed by atoms with van der Waals surface area (Å²) in [6, 6.07) is -0.512. The van der Waals surface area contributed by atoms with Crippen molar-refractivity contribution in [1.29, 1.82) is 0 Å². The van der Waals surface area contributed by atoms with E-state index in [1.165, 1.54) is 0 Å². The molecule has 74 valence electrons. The van der Waals surface area contributed by atoms with Crippen molar-refractivity contribution in [3.63, 3.8) is 0 Å². The topological polar surface area (TPSA) is 67.5 Å². The third kappa shape index (κ3) is 1.64. The van der Waals surface area contributed by atoms with Gasteiger partial charge in [0.2, 0.25) is 0 Å². The Balaban J connectivity index is 2.42. The summed E-state index contributed by atoms with van der Waals surface area (Å²) in [5.74, 6) is 0.280. The van der Waals surface area contributed by atoms with Crippen molar-refractivity contribution in [1.82, 2.24) is 5.32 Å². The number of hydrogen-bond acceptors (Lipinski definition) is 2. The van der Waals surface area contributed by atoms with Crippen LogP contribution in [0.1, 0.15) is 0 Å². The number of amides is 2. The first-order valence-electron chi connectivity index (χ1n) is 3.97. The number of carbonyl (C=O) groups excluding carboxylic acids is 1. The standard InChI is InChI=1S/C8H7Br2N3O/c9-3-1-4-6(5(10)2-3)12-8(14)13-7(4)11/h1-2,4,6H,(H3,11,12,13,14). The van der Waals surface area contributed by atoms with Crippen molar-refractivity contribution in [2.24, 2.45) is 16.6 Å². The minimum absolute atomic E-state index is 0.0681. The average Bonchev–Trinajstić information content (AvgIpc) is 2.07. The van der Waals surface area contributed by atoms with E-state index in [0.717, 1.165) is 8.96 Å². The van der Waals surface area contributed by atoms with Gasteiger partial charge in [-0.25, -0.2) is 4.79 Å². The minimum atomic E-state index is -0.388. The highest BCUT2D eigenvalue weighted by molar-refractivity contribution is 9.12. The number of nitrogens with zero attached hydrogens (tertiary/aromatic N) is 1. The van der Waals surface area contributed by atoms with Gasteiger partial charge in [-0.2, -0.15) is 4.99 Å². The molecule has 0 aromatic heterocycles. The Bertz CT molecular complexity index is 386. The third-order valence-electron chi connectivity index (χ3n) is 2.12. The highest BCUT2D eigenvalue weighted by Gasteiger charge is 2.33. The highest BCUT2D eigenvalue weighted by Crippen LogP contribution is 2.31. The van der Waals surface area contributed by atoms with E-state index in [0.29, 0.717) is 5.84 Å². The molecule has 0 fully saturated rings. The van der Waals surface area contributed by atoms with Crippen LogP contribution in [0.4, 0.5) is 4.79 Å². The van der Waals surface area contributed by atoms with Crippen LogP contribution in [0.25, 0.3) is 0 Å². The Labute approximate surface area is 97.6 Å². The molecule has 14 heavy (non-hydrogen) atoms. The van der Waals surface area contributed by atoms with Gasteiger partial charge in [-0.3, -0.25) is 0 Å². The monoisotopic (exact) mass is 319 g/mol. The molecular formula is C8H7Br2N3O. The lowest BCUT2D eigenvalue weighted by molar-refractivity contribution is 0.244. The van der Waals surface area contributed by atoms with E-state index in [4.69, 9.17) is 5.73 Å². The molecule has 2 rings (SSSR count). The van der Waals surface area contributed by atoms with Crippen LogP contribution in [0.3, 0.4) is 0 Å². The van der Waals surface area contributed by atoms with E-state index in [1.54, 1.807) is 0 Å². The molecule has 2 aliphatic rings. The SMILES string of the molecule is NC1=NC(=O)NC2C(Br)=CC(Br)=CC12. The summed E-state index contributed by atoms with van der Waals surface area (Å²) in [7, 11) is 0. The van der Waals surface area contributed by atoms with Crippen molar-refractivity contribution < 1.29 is 4.79 Å². The Morgan fingerprint density at radius 2 is 2.21 bits per heavy atom. The summed E-state index contributed by atoms with van der Waals surface area (Å²) in [5.41, 5.74) is 5.68. The quantitative estimate of drug-likeness (QED) is 0.712. The maximum absolute atomic E-state index is 11.1. The smallest absolute Gasteiger partial charge is 0.343 e. The number of allylic oxidation sites excluding steroid dienone is 2. The van der Waals surface area contributed by atoms with E-state index in [-0.39, 0.29) is 18.0 Å². The van der Waals surface area contributed by atoms with E-state index < -0.39 is 0 Å². The normalized spacial score (nSPS) is 31.0. The second kappa shape index (κ2) is 3.51. The van der Waals surface area contributed by atoms with E-state index in [1.807, 2.05) is 12.2 Å². The summed E-state index contributed by atoms with van der Waals surface area (Å²) in [4.78, 5) is 14.8. The minimum Gasteiger partial charge on any atom is -0.386 e. The first kappa shape index (κ1) is 9.92. The van der Waals surface area contributed by atoms with Gasteiger partial charge < -0.3 is 11.1 Å². The maximum atomic E-state index is 11.1. The van der Waals surface area contributed by atoms with Crippen molar-refractivity contribution in [2.45, 2.75) is 6.04 Å². The second-order valence-corrected chi connectivity index (χ2v) is 4.90. The van der Waals surface area contributed by atoms with Crippen LogP contribution < -0.4 is 11.1 Å². The summed E-state index contributed by atoms with van der Waals surface area (Å²) in [6.07, 6.45) is 3.81. The van der Waals surface area contributed by atoms with Crippen molar-refractivity contribution >= 4 is 43.7 Å². The predicted molar refractivity (Wildman–Crippen MR) is 61.5 cm³/mol. The number of halogens is 2. The van der Waals surface area contributed by atoms with Gasteiger partial charge in [0, 0.05) is 8.96 Å². The summed E-state index contributed by atoms with van der Waals surface area (Å²) in [6.45, 7) is 0. The lowest BCUT2D eigenvalue weighted by Crippen LogP contribution is -2.49. The van der Waals surface area contributed by atoms with Crippen LogP contribution in [0.2, 0.25) is 0 Å². The van der Waals surface area contributed by atoms with Gasteiger partial charge >= 0.3 is 6.03 Å². The molecule has 2 amide bonds. The van der Waals surface area contributed by atoms with Crippen LogP contribution in [0, 0.1) is 5.92 Å². The lowest BCUT2D eigenvalue weighted by atomic mass is 9.93. The van der Waals surface area contributed by atoms with Gasteiger partial charge in [0.15, 0.2) is 0 Å². The first-order valence-corrected chi connectivity index (χ1v) is 5.55. The fourth-order valence-electron chi connectivity index (χ4n) is 1.48. The zero-order valence-electron chi connectivity index (χ0n) is 7.00. The number of rotatable bonds is 0. The molecule has 2 unspecified atom stereocenters. The van der Waals surface area contributed by atoms with Crippen LogP contribution in [-0.2, 0) is 0 Å². The highest BCUT2D eigenvalue weighted by atomic mass is 79.9. The van der Waals surface area contributed by atoms with Gasteiger partial charge in [0.1, 0.15) is 5.84 Å². The first-order chi connectivity index (χ1) is 6.58. The number of hydrogen-bond donors (Lipinski definition) is 2. The predicted octanol–water partition coefficient (Wildman–Crippen LogP) is 1.62. The molecule has 2 atom stereocenters. The Morgan fingerprint density at radius 1 is 1.50 bits per heavy atom. The number of aliphatic imine (C=N–C) groups is 1. The molecule has 0 saturated heterocycles. The molecule has 0 saturated carbocycles. The number of urea groups is 1. The Hall–Kier alpha value is -0.620. The van der Waals surface area contributed by atoms with Crippen LogP contribution >= 0.6 is 31.9 Å². The lowest BCUT2D eigenvalue weighted by Gasteiger charge is -2.30. The molecule has 4 nitrogen and oxygen atoms in total. The molecule has 1 heterocycles. The number of nitrogens with one attached hydrogen (secondary N) is 1. The molecule has 6 heteroatoms. The van der Waals surface area contributed by atoms with Crippen LogP contribution in [-0.4, -0.2) is 17.9 Å². The largest absolute Gasteiger partial charge is 0.386 e. The van der Waals surface area contributed by atoms with Crippen LogP contribution in [0.5, 0.6) is 0 Å². The Kier molecular flexibility index (Phi) is 2.48. The fraction of sp³-hybridized carbons (Fsp3) is 0.250. The summed E-state index contributed by atoms with van der Waals surface area (Å²) >= 11 is 6.76. The molecule has 0 bridgehead atoms. The molecule has 3 N–H and O–H groups in total. The van der Waals surface area contributed by atoms with Crippen molar-refractivity contribution in [3.8, 4) is 0 Å². The second-order valence-electron chi connectivity index (χ2n) is 3.07. The average molecular weight is 321 g/mol. The van der Waals surface area contributed by atoms with E-state index >= 15 is 0 Å². The molecule has 0 aromatic carbocycles. The molecule has 1 aliphatic carbocycles. The zero-order chi connectivity index (χ0) is 10.3. The molecule has 1 aliphatic heterocycles. The number of nitrogens with two attached hydrogens (primary N) is 1. The maximum Gasteiger partial charge on any atom is 0.343 e. The fourth-order valence-corrected chi connectivity index (χ4v) is 2.97. The number of fused-ring (bicyclic) bond motifs is 1. The van der Waals surface area contributed by atoms with E-state index in [2.05, 4.69) is 42.2 Å². The van der Waals surface area contributed by atoms with Crippen molar-refractivity contribution in [2.75, 3.05) is 0 Å². The van der Waals surface area contributed by atoms with Gasteiger partial charge in [-0.05, 0) is 6.08 Å². The molecular weight excluding hydrogens is 314 g/mol. The van der Waals surface area contributed by atoms with Gasteiger partial charge in [-0.1, -0.05) is 37.9 Å². The van der Waals surface area contributed by atoms with Crippen LogP contribution in [0.15, 0.2) is 26.1 Å². The van der Waals surface area contributed by atoms with Gasteiger partial charge in [-0.15, -0.1) is 0 Å². The van der Waals surface area contributed by atoms with Gasteiger partial charge in [0.25, 0.3) is 0 Å². The molecule has 0 spiro atoms. The zero-order valence-corrected chi connectivity index (χ0v) is 10.2. The number of amidine groups is 1. The van der Waals surface area contributed by atoms with Crippen molar-refractivity contribution in [3.05, 3.63) is 21.1 Å².